The molecule has 1 heterocycles. The van der Waals surface area contributed by atoms with Crippen LogP contribution in [0.15, 0.2) is 24.3 Å². The Hall–Kier alpha value is -2.18. The number of carbonyl (C=O) groups excluding carboxylic acids is 1. The van der Waals surface area contributed by atoms with Gasteiger partial charge >= 0.3 is 12.0 Å². The molecule has 0 unspecified atom stereocenters. The van der Waals surface area contributed by atoms with E-state index < -0.39 is 24.5 Å². The standard InChI is InChI=1S/C13H14F2N2O3/c14-13(15)6-1-7-17(8-13)12(20)16-10-4-2-9(3-5-10)11(18)19/h2-5H,1,6-8H2,(H,16,20)(H,18,19). The minimum atomic E-state index is -2.84. The first-order valence-electron chi connectivity index (χ1n) is 6.14. The van der Waals surface area contributed by atoms with Crippen LogP contribution >= 0.6 is 0 Å². The van der Waals surface area contributed by atoms with Crippen molar-refractivity contribution in [3.8, 4) is 0 Å². The summed E-state index contributed by atoms with van der Waals surface area (Å²) in [6, 6.07) is 4.91. The summed E-state index contributed by atoms with van der Waals surface area (Å²) in [5.41, 5.74) is 0.460. The van der Waals surface area contributed by atoms with Gasteiger partial charge in [0.05, 0.1) is 12.1 Å². The number of nitrogens with zero attached hydrogens (tertiary/aromatic N) is 1. The molecule has 0 aliphatic carbocycles. The first kappa shape index (κ1) is 14.2. The lowest BCUT2D eigenvalue weighted by atomic mass is 10.1. The van der Waals surface area contributed by atoms with E-state index in [2.05, 4.69) is 5.32 Å². The number of aromatic carboxylic acids is 1. The Bertz CT molecular complexity index is 517. The highest BCUT2D eigenvalue weighted by Crippen LogP contribution is 2.26. The van der Waals surface area contributed by atoms with Crippen molar-refractivity contribution in [2.45, 2.75) is 18.8 Å². The fourth-order valence-electron chi connectivity index (χ4n) is 2.04. The number of piperidine rings is 1. The molecule has 0 saturated carbocycles. The largest absolute Gasteiger partial charge is 0.478 e. The van der Waals surface area contributed by atoms with Crippen LogP contribution in [0, 0.1) is 0 Å². The van der Waals surface area contributed by atoms with Crippen molar-refractivity contribution in [1.82, 2.24) is 4.90 Å². The monoisotopic (exact) mass is 284 g/mol. The van der Waals surface area contributed by atoms with Gasteiger partial charge in [-0.3, -0.25) is 0 Å². The van der Waals surface area contributed by atoms with E-state index in [0.717, 1.165) is 4.90 Å². The van der Waals surface area contributed by atoms with E-state index in [1.165, 1.54) is 24.3 Å². The maximum absolute atomic E-state index is 13.2. The van der Waals surface area contributed by atoms with E-state index in [1.807, 2.05) is 0 Å². The number of rotatable bonds is 2. The molecule has 1 aromatic carbocycles. The predicted molar refractivity (Wildman–Crippen MR) is 68.2 cm³/mol. The highest BCUT2D eigenvalue weighted by Gasteiger charge is 2.37. The van der Waals surface area contributed by atoms with E-state index in [9.17, 15) is 18.4 Å². The number of carboxylic acid groups (broad SMARTS) is 1. The molecular formula is C13H14F2N2O3. The molecule has 1 aliphatic heterocycles. The Morgan fingerprint density at radius 1 is 1.25 bits per heavy atom. The van der Waals surface area contributed by atoms with Crippen LogP contribution in [-0.4, -0.2) is 41.0 Å². The van der Waals surface area contributed by atoms with Crippen LogP contribution in [0.2, 0.25) is 0 Å². The number of likely N-dealkylation sites (tertiary alicyclic amines) is 1. The number of amides is 2. The van der Waals surface area contributed by atoms with Gasteiger partial charge in [0.15, 0.2) is 0 Å². The summed E-state index contributed by atoms with van der Waals surface area (Å²) in [7, 11) is 0. The Morgan fingerprint density at radius 2 is 1.90 bits per heavy atom. The number of carboxylic acids is 1. The summed E-state index contributed by atoms with van der Waals surface area (Å²) >= 11 is 0. The first-order valence-corrected chi connectivity index (χ1v) is 6.14. The molecule has 108 valence electrons. The average molecular weight is 284 g/mol. The lowest BCUT2D eigenvalue weighted by Gasteiger charge is -2.32. The van der Waals surface area contributed by atoms with E-state index in [0.29, 0.717) is 5.69 Å². The third-order valence-corrected chi connectivity index (χ3v) is 3.06. The van der Waals surface area contributed by atoms with Crippen LogP contribution in [-0.2, 0) is 0 Å². The first-order chi connectivity index (χ1) is 9.37. The molecular weight excluding hydrogens is 270 g/mol. The summed E-state index contributed by atoms with van der Waals surface area (Å²) in [5, 5.41) is 11.2. The van der Waals surface area contributed by atoms with Crippen LogP contribution < -0.4 is 5.32 Å². The molecule has 1 aliphatic rings. The molecule has 2 rings (SSSR count). The van der Waals surface area contributed by atoms with E-state index in [1.54, 1.807) is 0 Å². The Morgan fingerprint density at radius 3 is 2.45 bits per heavy atom. The molecule has 5 nitrogen and oxygen atoms in total. The maximum Gasteiger partial charge on any atom is 0.335 e. The predicted octanol–water partition coefficient (Wildman–Crippen LogP) is 2.65. The third-order valence-electron chi connectivity index (χ3n) is 3.06. The van der Waals surface area contributed by atoms with Crippen LogP contribution in [0.3, 0.4) is 0 Å². The zero-order valence-corrected chi connectivity index (χ0v) is 10.6. The lowest BCUT2D eigenvalue weighted by Crippen LogP contribution is -2.47. The topological polar surface area (TPSA) is 69.6 Å². The van der Waals surface area contributed by atoms with Gasteiger partial charge in [-0.1, -0.05) is 0 Å². The average Bonchev–Trinajstić information content (AvgIpc) is 2.38. The number of nitrogens with one attached hydrogen (secondary N) is 1. The number of hydrogen-bond acceptors (Lipinski definition) is 2. The highest BCUT2D eigenvalue weighted by atomic mass is 19.3. The molecule has 0 spiro atoms. The number of alkyl halides is 2. The number of anilines is 1. The Labute approximate surface area is 114 Å². The number of halogens is 2. The third kappa shape index (κ3) is 3.43. The quantitative estimate of drug-likeness (QED) is 0.877. The van der Waals surface area contributed by atoms with Gasteiger partial charge in [-0.05, 0) is 30.7 Å². The molecule has 1 aromatic rings. The van der Waals surface area contributed by atoms with Crippen molar-refractivity contribution in [2.75, 3.05) is 18.4 Å². The molecule has 1 saturated heterocycles. The van der Waals surface area contributed by atoms with Crippen molar-refractivity contribution in [2.24, 2.45) is 0 Å². The molecule has 1 fully saturated rings. The van der Waals surface area contributed by atoms with Crippen molar-refractivity contribution >= 4 is 17.7 Å². The van der Waals surface area contributed by atoms with Gasteiger partial charge < -0.3 is 15.3 Å². The van der Waals surface area contributed by atoms with Crippen molar-refractivity contribution in [3.05, 3.63) is 29.8 Å². The fourth-order valence-corrected chi connectivity index (χ4v) is 2.04. The van der Waals surface area contributed by atoms with Crippen LogP contribution in [0.25, 0.3) is 0 Å². The molecule has 2 N–H and O–H groups in total. The second kappa shape index (κ2) is 5.44. The molecule has 20 heavy (non-hydrogen) atoms. The zero-order valence-electron chi connectivity index (χ0n) is 10.6. The zero-order chi connectivity index (χ0) is 14.8. The molecule has 7 heteroatoms. The van der Waals surface area contributed by atoms with Gasteiger partial charge in [-0.15, -0.1) is 0 Å². The highest BCUT2D eigenvalue weighted by molar-refractivity contribution is 5.91. The number of benzene rings is 1. The van der Waals surface area contributed by atoms with Gasteiger partial charge in [-0.25, -0.2) is 18.4 Å². The molecule has 0 atom stereocenters. The molecule has 0 aromatic heterocycles. The van der Waals surface area contributed by atoms with E-state index >= 15 is 0 Å². The second-order valence-electron chi connectivity index (χ2n) is 4.69. The number of carbonyl (C=O) groups is 2. The van der Waals surface area contributed by atoms with Crippen molar-refractivity contribution < 1.29 is 23.5 Å². The summed E-state index contributed by atoms with van der Waals surface area (Å²) < 4.78 is 26.4. The van der Waals surface area contributed by atoms with E-state index in [-0.39, 0.29) is 24.9 Å². The summed E-state index contributed by atoms with van der Waals surface area (Å²) in [4.78, 5) is 23.6. The Kier molecular flexibility index (Phi) is 3.87. The number of hydrogen-bond donors (Lipinski definition) is 2. The van der Waals surface area contributed by atoms with Crippen LogP contribution in [0.5, 0.6) is 0 Å². The molecule has 2 amide bonds. The van der Waals surface area contributed by atoms with Gasteiger partial charge in [0, 0.05) is 18.7 Å². The fraction of sp³-hybridized carbons (Fsp3) is 0.385. The minimum absolute atomic E-state index is 0.0903. The minimum Gasteiger partial charge on any atom is -0.478 e. The van der Waals surface area contributed by atoms with E-state index in [4.69, 9.17) is 5.11 Å². The molecule has 0 bridgehead atoms. The normalized spacial score (nSPS) is 17.6. The second-order valence-corrected chi connectivity index (χ2v) is 4.69. The summed E-state index contributed by atoms with van der Waals surface area (Å²) in [6.07, 6.45) is 0.0580. The molecule has 0 radical (unpaired) electrons. The van der Waals surface area contributed by atoms with Crippen molar-refractivity contribution in [3.63, 3.8) is 0 Å². The van der Waals surface area contributed by atoms with Gasteiger partial charge in [-0.2, -0.15) is 0 Å². The number of urea groups is 1. The van der Waals surface area contributed by atoms with Gasteiger partial charge in [0.1, 0.15) is 0 Å². The maximum atomic E-state index is 13.2. The van der Waals surface area contributed by atoms with Crippen LogP contribution in [0.4, 0.5) is 19.3 Å². The Balaban J connectivity index is 1.99. The smallest absolute Gasteiger partial charge is 0.335 e. The van der Waals surface area contributed by atoms with Crippen molar-refractivity contribution in [1.29, 1.82) is 0 Å². The van der Waals surface area contributed by atoms with Crippen LogP contribution in [0.1, 0.15) is 23.2 Å². The summed E-state index contributed by atoms with van der Waals surface area (Å²) in [6.45, 7) is -0.305. The van der Waals surface area contributed by atoms with Gasteiger partial charge in [0.2, 0.25) is 0 Å². The summed E-state index contributed by atoms with van der Waals surface area (Å²) in [5.74, 6) is -3.92. The SMILES string of the molecule is O=C(O)c1ccc(NC(=O)N2CCCC(F)(F)C2)cc1. The lowest BCUT2D eigenvalue weighted by molar-refractivity contribution is -0.0510. The van der Waals surface area contributed by atoms with Gasteiger partial charge in [0.25, 0.3) is 5.92 Å².